The first kappa shape index (κ1) is 19.6. The average molecular weight is 450 g/mol. The first-order valence-corrected chi connectivity index (χ1v) is 11.4. The summed E-state index contributed by atoms with van der Waals surface area (Å²) in [5.41, 5.74) is 5.29. The standard InChI is InChI=1S/C21H19N7OS2/c1-12-15(9-27(3)25-12)16-11-31-21(23-16)24-18(29)10-28-20-19(13(2)26-28)14(6-7-22-20)17-5-4-8-30-17/h4-9,11H,10H2,1-3H3,(H,23,24,29). The van der Waals surface area contributed by atoms with Gasteiger partial charge in [-0.15, -0.1) is 22.7 Å². The van der Waals surface area contributed by atoms with E-state index in [4.69, 9.17) is 0 Å². The van der Waals surface area contributed by atoms with Crippen LogP contribution in [0.1, 0.15) is 11.4 Å². The van der Waals surface area contributed by atoms with E-state index in [1.165, 1.54) is 11.3 Å². The summed E-state index contributed by atoms with van der Waals surface area (Å²) in [6, 6.07) is 6.09. The third-order valence-corrected chi connectivity index (χ3v) is 6.59. The van der Waals surface area contributed by atoms with E-state index in [0.717, 1.165) is 38.5 Å². The molecule has 5 rings (SSSR count). The van der Waals surface area contributed by atoms with Gasteiger partial charge in [-0.1, -0.05) is 6.07 Å². The van der Waals surface area contributed by atoms with Crippen LogP contribution in [0.4, 0.5) is 5.13 Å². The van der Waals surface area contributed by atoms with Crippen molar-refractivity contribution in [2.45, 2.75) is 20.4 Å². The Morgan fingerprint density at radius 3 is 2.74 bits per heavy atom. The second kappa shape index (κ2) is 7.71. The number of fused-ring (bicyclic) bond motifs is 1. The van der Waals surface area contributed by atoms with Gasteiger partial charge in [0.25, 0.3) is 0 Å². The number of nitrogens with one attached hydrogen (secondary N) is 1. The van der Waals surface area contributed by atoms with E-state index in [2.05, 4.69) is 31.5 Å². The van der Waals surface area contributed by atoms with Crippen LogP contribution >= 0.6 is 22.7 Å². The van der Waals surface area contributed by atoms with Crippen molar-refractivity contribution in [3.8, 4) is 21.7 Å². The van der Waals surface area contributed by atoms with E-state index in [-0.39, 0.29) is 12.5 Å². The summed E-state index contributed by atoms with van der Waals surface area (Å²) in [5.74, 6) is -0.198. The highest BCUT2D eigenvalue weighted by Gasteiger charge is 2.17. The fourth-order valence-corrected chi connectivity index (χ4v) is 5.11. The van der Waals surface area contributed by atoms with Crippen LogP contribution in [0.3, 0.4) is 0 Å². The number of aryl methyl sites for hydroxylation is 3. The van der Waals surface area contributed by atoms with Crippen molar-refractivity contribution in [3.63, 3.8) is 0 Å². The number of thiophene rings is 1. The molecule has 0 aliphatic heterocycles. The summed E-state index contributed by atoms with van der Waals surface area (Å²) in [6.45, 7) is 3.94. The number of pyridine rings is 1. The summed E-state index contributed by atoms with van der Waals surface area (Å²) < 4.78 is 3.40. The second-order valence-electron chi connectivity index (χ2n) is 7.17. The summed E-state index contributed by atoms with van der Waals surface area (Å²) >= 11 is 3.06. The van der Waals surface area contributed by atoms with E-state index in [1.54, 1.807) is 26.9 Å². The van der Waals surface area contributed by atoms with Crippen molar-refractivity contribution in [3.05, 3.63) is 52.7 Å². The monoisotopic (exact) mass is 449 g/mol. The molecule has 0 atom stereocenters. The Morgan fingerprint density at radius 2 is 2.00 bits per heavy atom. The van der Waals surface area contributed by atoms with E-state index in [1.807, 2.05) is 50.0 Å². The minimum atomic E-state index is -0.198. The zero-order valence-corrected chi connectivity index (χ0v) is 18.8. The molecule has 1 N–H and O–H groups in total. The molecule has 0 unspecified atom stereocenters. The van der Waals surface area contributed by atoms with Crippen LogP contribution in [-0.4, -0.2) is 35.4 Å². The molecule has 0 aliphatic carbocycles. The van der Waals surface area contributed by atoms with Crippen LogP contribution < -0.4 is 5.32 Å². The Labute approximate surface area is 186 Å². The zero-order chi connectivity index (χ0) is 21.5. The van der Waals surface area contributed by atoms with Gasteiger partial charge < -0.3 is 5.32 Å². The number of aromatic nitrogens is 6. The molecule has 1 amide bonds. The van der Waals surface area contributed by atoms with Crippen molar-refractivity contribution in [1.82, 2.24) is 29.5 Å². The lowest BCUT2D eigenvalue weighted by molar-refractivity contribution is -0.116. The van der Waals surface area contributed by atoms with Gasteiger partial charge in [0.05, 0.1) is 22.5 Å². The number of amides is 1. The molecule has 10 heteroatoms. The molecular formula is C21H19N7OS2. The highest BCUT2D eigenvalue weighted by atomic mass is 32.1. The lowest BCUT2D eigenvalue weighted by Crippen LogP contribution is -2.19. The Hall–Kier alpha value is -3.37. The van der Waals surface area contributed by atoms with Gasteiger partial charge in [-0.3, -0.25) is 9.48 Å². The molecule has 0 aromatic carbocycles. The smallest absolute Gasteiger partial charge is 0.247 e. The van der Waals surface area contributed by atoms with Crippen molar-refractivity contribution in [2.24, 2.45) is 7.05 Å². The number of anilines is 1. The van der Waals surface area contributed by atoms with Crippen LogP contribution in [0.5, 0.6) is 0 Å². The highest BCUT2D eigenvalue weighted by molar-refractivity contribution is 7.14. The predicted molar refractivity (Wildman–Crippen MR) is 123 cm³/mol. The Bertz CT molecular complexity index is 1390. The van der Waals surface area contributed by atoms with Crippen LogP contribution in [0.25, 0.3) is 32.7 Å². The topological polar surface area (TPSA) is 90.5 Å². The van der Waals surface area contributed by atoms with Crippen molar-refractivity contribution < 1.29 is 4.79 Å². The van der Waals surface area contributed by atoms with Gasteiger partial charge >= 0.3 is 0 Å². The number of carbonyl (C=O) groups is 1. The predicted octanol–water partition coefficient (Wildman–Crippen LogP) is 4.27. The zero-order valence-electron chi connectivity index (χ0n) is 17.2. The van der Waals surface area contributed by atoms with Crippen LogP contribution in [0, 0.1) is 13.8 Å². The number of hydrogen-bond acceptors (Lipinski definition) is 7. The third-order valence-electron chi connectivity index (χ3n) is 4.93. The minimum Gasteiger partial charge on any atom is -0.300 e. The van der Waals surface area contributed by atoms with Crippen molar-refractivity contribution >= 4 is 44.7 Å². The molecule has 0 bridgehead atoms. The maximum Gasteiger partial charge on any atom is 0.247 e. The molecule has 5 heterocycles. The largest absolute Gasteiger partial charge is 0.300 e. The fraction of sp³-hybridized carbons (Fsp3) is 0.190. The van der Waals surface area contributed by atoms with Crippen LogP contribution in [0.2, 0.25) is 0 Å². The second-order valence-corrected chi connectivity index (χ2v) is 8.97. The summed E-state index contributed by atoms with van der Waals surface area (Å²) in [6.07, 6.45) is 3.68. The van der Waals surface area contributed by atoms with Crippen molar-refractivity contribution in [2.75, 3.05) is 5.32 Å². The number of nitrogens with zero attached hydrogens (tertiary/aromatic N) is 6. The van der Waals surface area contributed by atoms with Gasteiger partial charge in [0.2, 0.25) is 5.91 Å². The molecule has 5 aromatic rings. The molecule has 5 aromatic heterocycles. The lowest BCUT2D eigenvalue weighted by Gasteiger charge is -2.04. The highest BCUT2D eigenvalue weighted by Crippen LogP contribution is 2.32. The van der Waals surface area contributed by atoms with E-state index < -0.39 is 0 Å². The maximum absolute atomic E-state index is 12.7. The summed E-state index contributed by atoms with van der Waals surface area (Å²) in [4.78, 5) is 22.9. The first-order valence-electron chi connectivity index (χ1n) is 9.61. The Kier molecular flexibility index (Phi) is 4.87. The molecule has 0 aliphatic rings. The fourth-order valence-electron chi connectivity index (χ4n) is 3.63. The number of rotatable bonds is 5. The van der Waals surface area contributed by atoms with Gasteiger partial charge in [-0.2, -0.15) is 10.2 Å². The summed E-state index contributed by atoms with van der Waals surface area (Å²) in [5, 5.41) is 17.3. The molecular weight excluding hydrogens is 430 g/mol. The van der Waals surface area contributed by atoms with Gasteiger partial charge in [0.1, 0.15) is 6.54 Å². The number of thiazole rings is 1. The minimum absolute atomic E-state index is 0.0616. The first-order chi connectivity index (χ1) is 15.0. The molecule has 0 saturated heterocycles. The van der Waals surface area contributed by atoms with Crippen LogP contribution in [0.15, 0.2) is 41.4 Å². The SMILES string of the molecule is Cc1nn(C)cc1-c1csc(NC(=O)Cn2nc(C)c3c(-c4cccs4)ccnc32)n1. The number of hydrogen-bond donors (Lipinski definition) is 1. The van der Waals surface area contributed by atoms with Gasteiger partial charge in [-0.25, -0.2) is 14.6 Å². The molecule has 0 radical (unpaired) electrons. The Morgan fingerprint density at radius 1 is 1.13 bits per heavy atom. The van der Waals surface area contributed by atoms with Gasteiger partial charge in [0.15, 0.2) is 10.8 Å². The molecule has 31 heavy (non-hydrogen) atoms. The summed E-state index contributed by atoms with van der Waals surface area (Å²) in [7, 11) is 1.87. The molecule has 156 valence electrons. The number of carbonyl (C=O) groups excluding carboxylic acids is 1. The van der Waals surface area contributed by atoms with E-state index in [0.29, 0.717) is 10.8 Å². The van der Waals surface area contributed by atoms with Gasteiger partial charge in [-0.05, 0) is 31.4 Å². The normalized spacial score (nSPS) is 11.3. The van der Waals surface area contributed by atoms with E-state index in [9.17, 15) is 4.79 Å². The lowest BCUT2D eigenvalue weighted by atomic mass is 10.1. The molecule has 8 nitrogen and oxygen atoms in total. The quantitative estimate of drug-likeness (QED) is 0.433. The van der Waals surface area contributed by atoms with Crippen molar-refractivity contribution in [1.29, 1.82) is 0 Å². The third kappa shape index (κ3) is 3.64. The average Bonchev–Trinajstić information content (AvgIpc) is 3.51. The molecule has 0 fully saturated rings. The Balaban J connectivity index is 1.38. The maximum atomic E-state index is 12.7. The van der Waals surface area contributed by atoms with Gasteiger partial charge in [0, 0.05) is 40.8 Å². The molecule has 0 spiro atoms. The van der Waals surface area contributed by atoms with Crippen LogP contribution in [-0.2, 0) is 18.4 Å². The van der Waals surface area contributed by atoms with E-state index >= 15 is 0 Å². The molecule has 0 saturated carbocycles.